The Kier molecular flexibility index (Phi) is 6.11. The van der Waals surface area contributed by atoms with E-state index in [0.29, 0.717) is 17.6 Å². The van der Waals surface area contributed by atoms with Gasteiger partial charge in [0.15, 0.2) is 11.3 Å². The molecule has 3 aromatic heterocycles. The summed E-state index contributed by atoms with van der Waals surface area (Å²) in [5.41, 5.74) is 2.71. The van der Waals surface area contributed by atoms with Crippen molar-refractivity contribution < 1.29 is 18.0 Å². The molecule has 0 bridgehead atoms. The monoisotopic (exact) mass is 476 g/mol. The largest absolute Gasteiger partial charge is 0.436 e. The van der Waals surface area contributed by atoms with Crippen LogP contribution in [0, 0.1) is 13.8 Å². The lowest BCUT2D eigenvalue weighted by molar-refractivity contribution is -0.141. The number of benzene rings is 1. The van der Waals surface area contributed by atoms with E-state index < -0.39 is 16.9 Å². The Morgan fingerprint density at radius 2 is 1.88 bits per heavy atom. The van der Waals surface area contributed by atoms with E-state index >= 15 is 0 Å². The van der Waals surface area contributed by atoms with Gasteiger partial charge < -0.3 is 5.32 Å². The van der Waals surface area contributed by atoms with Gasteiger partial charge in [0.05, 0.1) is 22.6 Å². The van der Waals surface area contributed by atoms with E-state index in [4.69, 9.17) is 11.6 Å². The lowest BCUT2D eigenvalue weighted by atomic mass is 10.1. The SMILES string of the molecule is Cc1ccc(-c2ccnc3c(C(=O)NCCCn4nc(C(F)(F)F)c(Cl)c4C)cnn23)cc1. The zero-order valence-electron chi connectivity index (χ0n) is 17.8. The molecule has 1 aromatic carbocycles. The molecule has 33 heavy (non-hydrogen) atoms. The molecule has 3 heterocycles. The van der Waals surface area contributed by atoms with Crippen LogP contribution in [0.5, 0.6) is 0 Å². The summed E-state index contributed by atoms with van der Waals surface area (Å²) in [6, 6.07) is 9.74. The van der Waals surface area contributed by atoms with Crippen LogP contribution in [0.15, 0.2) is 42.7 Å². The molecule has 1 N–H and O–H groups in total. The fourth-order valence-corrected chi connectivity index (χ4v) is 3.69. The van der Waals surface area contributed by atoms with Crippen LogP contribution >= 0.6 is 11.6 Å². The highest BCUT2D eigenvalue weighted by molar-refractivity contribution is 6.31. The number of alkyl halides is 3. The van der Waals surface area contributed by atoms with Crippen molar-refractivity contribution in [2.45, 2.75) is 33.0 Å². The Balaban J connectivity index is 1.43. The van der Waals surface area contributed by atoms with Gasteiger partial charge in [-0.1, -0.05) is 41.4 Å². The van der Waals surface area contributed by atoms with Crippen molar-refractivity contribution in [1.82, 2.24) is 29.7 Å². The third kappa shape index (κ3) is 4.56. The van der Waals surface area contributed by atoms with E-state index in [2.05, 4.69) is 20.5 Å². The number of fused-ring (bicyclic) bond motifs is 1. The average molecular weight is 477 g/mol. The molecule has 7 nitrogen and oxygen atoms in total. The maximum atomic E-state index is 12.9. The summed E-state index contributed by atoms with van der Waals surface area (Å²) in [7, 11) is 0. The predicted molar refractivity (Wildman–Crippen MR) is 117 cm³/mol. The van der Waals surface area contributed by atoms with Gasteiger partial charge in [-0.2, -0.15) is 23.4 Å². The number of amides is 1. The second-order valence-electron chi connectivity index (χ2n) is 7.57. The van der Waals surface area contributed by atoms with E-state index in [9.17, 15) is 18.0 Å². The standard InChI is InChI=1S/C22H20ClF3N6O/c1-13-4-6-15(7-5-13)17-8-10-27-20-16(12-29-32(17)20)21(33)28-9-3-11-31-14(2)18(23)19(30-31)22(24,25)26/h4-8,10,12H,3,9,11H2,1-2H3,(H,28,33). The van der Waals surface area contributed by atoms with Crippen molar-refractivity contribution >= 4 is 23.2 Å². The van der Waals surface area contributed by atoms with Crippen molar-refractivity contribution in [1.29, 1.82) is 0 Å². The summed E-state index contributed by atoms with van der Waals surface area (Å²) in [6.07, 6.45) is -1.19. The molecular formula is C22H20ClF3N6O. The highest BCUT2D eigenvalue weighted by Crippen LogP contribution is 2.35. The number of aryl methyl sites for hydroxylation is 2. The van der Waals surface area contributed by atoms with Gasteiger partial charge in [-0.3, -0.25) is 9.48 Å². The maximum absolute atomic E-state index is 12.9. The van der Waals surface area contributed by atoms with Crippen LogP contribution in [0.3, 0.4) is 0 Å². The number of carbonyl (C=O) groups excluding carboxylic acids is 1. The fourth-order valence-electron chi connectivity index (χ4n) is 3.44. The predicted octanol–water partition coefficient (Wildman–Crippen LogP) is 4.70. The normalized spacial score (nSPS) is 11.8. The average Bonchev–Trinajstić information content (AvgIpc) is 3.33. The smallest absolute Gasteiger partial charge is 0.352 e. The highest BCUT2D eigenvalue weighted by atomic mass is 35.5. The Labute approximate surface area is 192 Å². The van der Waals surface area contributed by atoms with Gasteiger partial charge in [0.25, 0.3) is 5.91 Å². The van der Waals surface area contributed by atoms with Crippen molar-refractivity contribution in [2.75, 3.05) is 6.54 Å². The first-order valence-corrected chi connectivity index (χ1v) is 10.5. The number of rotatable bonds is 6. The summed E-state index contributed by atoms with van der Waals surface area (Å²) >= 11 is 5.76. The molecule has 1 amide bonds. The molecule has 0 fully saturated rings. The summed E-state index contributed by atoms with van der Waals surface area (Å²) in [6.45, 7) is 3.87. The van der Waals surface area contributed by atoms with Gasteiger partial charge in [-0.15, -0.1) is 0 Å². The van der Waals surface area contributed by atoms with Crippen LogP contribution in [0.4, 0.5) is 13.2 Å². The number of hydrogen-bond donors (Lipinski definition) is 1. The lowest BCUT2D eigenvalue weighted by Crippen LogP contribution is -2.25. The number of halogens is 4. The first-order valence-electron chi connectivity index (χ1n) is 10.1. The maximum Gasteiger partial charge on any atom is 0.436 e. The van der Waals surface area contributed by atoms with Crippen LogP contribution in [-0.4, -0.2) is 36.8 Å². The Bertz CT molecular complexity index is 1310. The van der Waals surface area contributed by atoms with Gasteiger partial charge in [0.2, 0.25) is 0 Å². The number of nitrogens with one attached hydrogen (secondary N) is 1. The van der Waals surface area contributed by atoms with E-state index in [1.807, 2.05) is 37.3 Å². The molecule has 0 atom stereocenters. The zero-order chi connectivity index (χ0) is 23.8. The van der Waals surface area contributed by atoms with E-state index in [-0.39, 0.29) is 24.7 Å². The molecule has 0 unspecified atom stereocenters. The third-order valence-corrected chi connectivity index (χ3v) is 5.68. The molecule has 0 aliphatic heterocycles. The number of carbonyl (C=O) groups is 1. The summed E-state index contributed by atoms with van der Waals surface area (Å²) in [5.74, 6) is -0.371. The zero-order valence-corrected chi connectivity index (χ0v) is 18.6. The van der Waals surface area contributed by atoms with E-state index in [1.165, 1.54) is 17.8 Å². The lowest BCUT2D eigenvalue weighted by Gasteiger charge is -2.07. The van der Waals surface area contributed by atoms with Crippen molar-refractivity contribution in [3.63, 3.8) is 0 Å². The van der Waals surface area contributed by atoms with Crippen molar-refractivity contribution in [2.24, 2.45) is 0 Å². The van der Waals surface area contributed by atoms with Gasteiger partial charge >= 0.3 is 6.18 Å². The minimum Gasteiger partial charge on any atom is -0.352 e. The summed E-state index contributed by atoms with van der Waals surface area (Å²) in [5, 5.41) is 10.2. The van der Waals surface area contributed by atoms with Gasteiger partial charge in [-0.05, 0) is 26.3 Å². The molecule has 0 radical (unpaired) electrons. The minimum atomic E-state index is -4.62. The molecule has 0 aliphatic carbocycles. The Morgan fingerprint density at radius 3 is 2.55 bits per heavy atom. The van der Waals surface area contributed by atoms with Gasteiger partial charge in [0, 0.05) is 24.8 Å². The van der Waals surface area contributed by atoms with Crippen LogP contribution in [0.2, 0.25) is 5.02 Å². The van der Waals surface area contributed by atoms with Crippen molar-refractivity contribution in [3.8, 4) is 11.3 Å². The summed E-state index contributed by atoms with van der Waals surface area (Å²) in [4.78, 5) is 17.0. The number of aromatic nitrogens is 5. The Hall–Kier alpha value is -3.40. The molecule has 0 aliphatic rings. The first-order chi connectivity index (χ1) is 15.7. The third-order valence-electron chi connectivity index (χ3n) is 5.23. The molecule has 4 rings (SSSR count). The van der Waals surface area contributed by atoms with Crippen LogP contribution < -0.4 is 5.32 Å². The molecule has 0 spiro atoms. The van der Waals surface area contributed by atoms with Crippen LogP contribution in [0.1, 0.15) is 33.7 Å². The van der Waals surface area contributed by atoms with E-state index in [0.717, 1.165) is 16.8 Å². The van der Waals surface area contributed by atoms with Crippen molar-refractivity contribution in [3.05, 3.63) is 70.3 Å². The molecule has 172 valence electrons. The van der Waals surface area contributed by atoms with Crippen LogP contribution in [0.25, 0.3) is 16.9 Å². The van der Waals surface area contributed by atoms with Gasteiger partial charge in [-0.25, -0.2) is 9.50 Å². The topological polar surface area (TPSA) is 77.1 Å². The quantitative estimate of drug-likeness (QED) is 0.409. The van der Waals surface area contributed by atoms with Crippen LogP contribution in [-0.2, 0) is 12.7 Å². The first kappa shape index (κ1) is 22.8. The molecule has 4 aromatic rings. The summed E-state index contributed by atoms with van der Waals surface area (Å²) < 4.78 is 41.6. The fraction of sp³-hybridized carbons (Fsp3) is 0.273. The molecule has 0 saturated carbocycles. The highest BCUT2D eigenvalue weighted by Gasteiger charge is 2.38. The second kappa shape index (κ2) is 8.86. The number of hydrogen-bond acceptors (Lipinski definition) is 4. The molecular weight excluding hydrogens is 457 g/mol. The Morgan fingerprint density at radius 1 is 1.15 bits per heavy atom. The van der Waals surface area contributed by atoms with Gasteiger partial charge in [0.1, 0.15) is 5.56 Å². The van der Waals surface area contributed by atoms with E-state index in [1.54, 1.807) is 10.7 Å². The minimum absolute atomic E-state index is 0.173. The second-order valence-corrected chi connectivity index (χ2v) is 7.95. The molecule has 11 heteroatoms. The number of nitrogens with zero attached hydrogens (tertiary/aromatic N) is 5. The molecule has 0 saturated heterocycles.